The van der Waals surface area contributed by atoms with Gasteiger partial charge in [-0.1, -0.05) is 6.07 Å². The Morgan fingerprint density at radius 3 is 2.90 bits per heavy atom. The predicted octanol–water partition coefficient (Wildman–Crippen LogP) is 2.65. The summed E-state index contributed by atoms with van der Waals surface area (Å²) >= 11 is 0. The summed E-state index contributed by atoms with van der Waals surface area (Å²) in [6.45, 7) is 3.70. The standard InChI is InChI=1S/C16H16N2O2/c1-11-2-4-14(17-9-11)10-18-7-6-12-8-13(16(19)20)3-5-15(12)18/h2-5,8-9H,6-7,10H2,1H3,(H,19,20). The van der Waals surface area contributed by atoms with Crippen LogP contribution >= 0.6 is 0 Å². The Kier molecular flexibility index (Phi) is 3.14. The van der Waals surface area contributed by atoms with Crippen molar-refractivity contribution < 1.29 is 9.90 Å². The molecule has 0 bridgehead atoms. The minimum atomic E-state index is -0.869. The second-order valence-electron chi connectivity index (χ2n) is 5.15. The molecule has 0 spiro atoms. The van der Waals surface area contributed by atoms with Crippen molar-refractivity contribution in [3.8, 4) is 0 Å². The maximum atomic E-state index is 11.0. The van der Waals surface area contributed by atoms with Crippen LogP contribution in [0.4, 0.5) is 5.69 Å². The highest BCUT2D eigenvalue weighted by Crippen LogP contribution is 2.29. The highest BCUT2D eigenvalue weighted by molar-refractivity contribution is 5.88. The first-order chi connectivity index (χ1) is 9.63. The Hall–Kier alpha value is -2.36. The Balaban J connectivity index is 1.82. The molecule has 0 atom stereocenters. The molecule has 0 amide bonds. The average Bonchev–Trinajstić information content (AvgIpc) is 2.84. The number of rotatable bonds is 3. The molecule has 0 radical (unpaired) electrons. The summed E-state index contributed by atoms with van der Waals surface area (Å²) in [5.41, 5.74) is 4.78. The van der Waals surface area contributed by atoms with E-state index in [2.05, 4.69) is 16.0 Å². The fourth-order valence-electron chi connectivity index (χ4n) is 2.55. The first-order valence-electron chi connectivity index (χ1n) is 6.66. The lowest BCUT2D eigenvalue weighted by Gasteiger charge is -2.19. The number of carboxylic acid groups (broad SMARTS) is 1. The lowest BCUT2D eigenvalue weighted by atomic mass is 10.1. The predicted molar refractivity (Wildman–Crippen MR) is 77.1 cm³/mol. The molecular formula is C16H16N2O2. The van der Waals surface area contributed by atoms with E-state index in [0.717, 1.165) is 42.0 Å². The molecule has 2 heterocycles. The second kappa shape index (κ2) is 4.96. The minimum Gasteiger partial charge on any atom is -0.478 e. The van der Waals surface area contributed by atoms with Gasteiger partial charge in [0.25, 0.3) is 0 Å². The number of aryl methyl sites for hydroxylation is 1. The summed E-state index contributed by atoms with van der Waals surface area (Å²) in [6.07, 6.45) is 2.77. The van der Waals surface area contributed by atoms with E-state index in [1.165, 1.54) is 0 Å². The van der Waals surface area contributed by atoms with Gasteiger partial charge < -0.3 is 10.0 Å². The third kappa shape index (κ3) is 2.37. The van der Waals surface area contributed by atoms with Crippen LogP contribution < -0.4 is 4.90 Å². The van der Waals surface area contributed by atoms with Gasteiger partial charge in [-0.2, -0.15) is 0 Å². The van der Waals surface area contributed by atoms with Crippen molar-refractivity contribution in [2.45, 2.75) is 19.9 Å². The molecule has 1 aliphatic rings. The quantitative estimate of drug-likeness (QED) is 0.929. The summed E-state index contributed by atoms with van der Waals surface area (Å²) in [5.74, 6) is -0.869. The molecule has 0 unspecified atom stereocenters. The maximum absolute atomic E-state index is 11.0. The number of fused-ring (bicyclic) bond motifs is 1. The van der Waals surface area contributed by atoms with Gasteiger partial charge in [0, 0.05) is 18.4 Å². The van der Waals surface area contributed by atoms with Crippen LogP contribution in [0.2, 0.25) is 0 Å². The van der Waals surface area contributed by atoms with Crippen molar-refractivity contribution in [2.24, 2.45) is 0 Å². The molecule has 0 aliphatic carbocycles. The molecule has 0 fully saturated rings. The van der Waals surface area contributed by atoms with E-state index in [9.17, 15) is 4.79 Å². The molecule has 1 N–H and O–H groups in total. The highest BCUT2D eigenvalue weighted by atomic mass is 16.4. The van der Waals surface area contributed by atoms with E-state index in [-0.39, 0.29) is 0 Å². The molecule has 3 rings (SSSR count). The van der Waals surface area contributed by atoms with Crippen LogP contribution in [0.1, 0.15) is 27.2 Å². The molecule has 20 heavy (non-hydrogen) atoms. The van der Waals surface area contributed by atoms with E-state index >= 15 is 0 Å². The number of benzene rings is 1. The molecular weight excluding hydrogens is 252 g/mol. The third-order valence-electron chi connectivity index (χ3n) is 3.64. The minimum absolute atomic E-state index is 0.360. The van der Waals surface area contributed by atoms with Crippen molar-refractivity contribution in [2.75, 3.05) is 11.4 Å². The summed E-state index contributed by atoms with van der Waals surface area (Å²) in [7, 11) is 0. The SMILES string of the molecule is Cc1ccc(CN2CCc3cc(C(=O)O)ccc32)nc1. The summed E-state index contributed by atoms with van der Waals surface area (Å²) < 4.78 is 0. The van der Waals surface area contributed by atoms with Crippen LogP contribution in [0.25, 0.3) is 0 Å². The Morgan fingerprint density at radius 1 is 1.35 bits per heavy atom. The number of pyridine rings is 1. The molecule has 1 aromatic carbocycles. The Morgan fingerprint density at radius 2 is 2.20 bits per heavy atom. The van der Waals surface area contributed by atoms with E-state index in [1.807, 2.05) is 25.3 Å². The summed E-state index contributed by atoms with van der Waals surface area (Å²) in [4.78, 5) is 17.7. The van der Waals surface area contributed by atoms with Gasteiger partial charge >= 0.3 is 5.97 Å². The van der Waals surface area contributed by atoms with Gasteiger partial charge in [-0.25, -0.2) is 4.79 Å². The zero-order valence-corrected chi connectivity index (χ0v) is 11.3. The zero-order chi connectivity index (χ0) is 14.1. The van der Waals surface area contributed by atoms with Crippen molar-refractivity contribution in [3.63, 3.8) is 0 Å². The number of nitrogens with zero attached hydrogens (tertiary/aromatic N) is 2. The third-order valence-corrected chi connectivity index (χ3v) is 3.64. The van der Waals surface area contributed by atoms with Crippen molar-refractivity contribution >= 4 is 11.7 Å². The van der Waals surface area contributed by atoms with Gasteiger partial charge in [0.2, 0.25) is 0 Å². The van der Waals surface area contributed by atoms with Crippen LogP contribution in [-0.4, -0.2) is 22.6 Å². The van der Waals surface area contributed by atoms with E-state index in [1.54, 1.807) is 12.1 Å². The molecule has 102 valence electrons. The van der Waals surface area contributed by atoms with Crippen LogP contribution in [0.3, 0.4) is 0 Å². The van der Waals surface area contributed by atoms with E-state index < -0.39 is 5.97 Å². The number of hydrogen-bond donors (Lipinski definition) is 1. The van der Waals surface area contributed by atoms with Crippen LogP contribution in [0.15, 0.2) is 36.5 Å². The lowest BCUT2D eigenvalue weighted by molar-refractivity contribution is 0.0697. The maximum Gasteiger partial charge on any atom is 0.335 e. The van der Waals surface area contributed by atoms with Crippen molar-refractivity contribution in [1.82, 2.24) is 4.98 Å². The number of carbonyl (C=O) groups is 1. The van der Waals surface area contributed by atoms with Crippen molar-refractivity contribution in [1.29, 1.82) is 0 Å². The highest BCUT2D eigenvalue weighted by Gasteiger charge is 2.20. The van der Waals surface area contributed by atoms with Crippen LogP contribution in [-0.2, 0) is 13.0 Å². The fourth-order valence-corrected chi connectivity index (χ4v) is 2.55. The Bertz CT molecular complexity index is 650. The molecule has 1 aliphatic heterocycles. The topological polar surface area (TPSA) is 53.4 Å². The molecule has 4 heteroatoms. The molecule has 1 aromatic heterocycles. The molecule has 2 aromatic rings. The number of carboxylic acids is 1. The second-order valence-corrected chi connectivity index (χ2v) is 5.15. The smallest absolute Gasteiger partial charge is 0.335 e. The van der Waals surface area contributed by atoms with E-state index in [4.69, 9.17) is 5.11 Å². The number of hydrogen-bond acceptors (Lipinski definition) is 3. The number of aromatic carboxylic acids is 1. The lowest BCUT2D eigenvalue weighted by Crippen LogP contribution is -2.20. The monoisotopic (exact) mass is 268 g/mol. The van der Waals surface area contributed by atoms with Crippen LogP contribution in [0.5, 0.6) is 0 Å². The molecule has 4 nitrogen and oxygen atoms in total. The van der Waals surface area contributed by atoms with Gasteiger partial charge in [0.1, 0.15) is 0 Å². The largest absolute Gasteiger partial charge is 0.478 e. The van der Waals surface area contributed by atoms with Gasteiger partial charge in [0.15, 0.2) is 0 Å². The fraction of sp³-hybridized carbons (Fsp3) is 0.250. The molecule has 0 saturated carbocycles. The van der Waals surface area contributed by atoms with E-state index in [0.29, 0.717) is 5.56 Å². The van der Waals surface area contributed by atoms with Gasteiger partial charge in [0.05, 0.1) is 17.8 Å². The number of anilines is 1. The van der Waals surface area contributed by atoms with Crippen LogP contribution in [0, 0.1) is 6.92 Å². The summed E-state index contributed by atoms with van der Waals surface area (Å²) in [5, 5.41) is 9.02. The zero-order valence-electron chi connectivity index (χ0n) is 11.3. The first-order valence-corrected chi connectivity index (χ1v) is 6.66. The number of aromatic nitrogens is 1. The van der Waals surface area contributed by atoms with Gasteiger partial charge in [-0.05, 0) is 48.7 Å². The normalized spacial score (nSPS) is 13.3. The van der Waals surface area contributed by atoms with Crippen molar-refractivity contribution in [3.05, 3.63) is 58.9 Å². The van der Waals surface area contributed by atoms with Gasteiger partial charge in [-0.3, -0.25) is 4.98 Å². The first kappa shape index (κ1) is 12.7. The summed E-state index contributed by atoms with van der Waals surface area (Å²) in [6, 6.07) is 9.45. The average molecular weight is 268 g/mol. The van der Waals surface area contributed by atoms with Gasteiger partial charge in [-0.15, -0.1) is 0 Å². The Labute approximate surface area is 117 Å². The molecule has 0 saturated heterocycles.